The summed E-state index contributed by atoms with van der Waals surface area (Å²) in [5.74, 6) is 0.278. The largest absolute Gasteiger partial charge is 0.457 e. The van der Waals surface area contributed by atoms with Crippen molar-refractivity contribution in [3.63, 3.8) is 0 Å². The fourth-order valence-corrected chi connectivity index (χ4v) is 0.648. The molecule has 0 bridgehead atoms. The van der Waals surface area contributed by atoms with Crippen molar-refractivity contribution < 1.29 is 18.7 Å². The van der Waals surface area contributed by atoms with Gasteiger partial charge < -0.3 is 9.15 Å². The van der Waals surface area contributed by atoms with Crippen LogP contribution in [0.15, 0.2) is 16.5 Å². The standard InChI is InChI=1S/C8H8O4/c1-6(10)5-11-8-3-2-7(4-9)12-8/h2-4H,5H2,1H3. The molecule has 0 aliphatic carbocycles. The summed E-state index contributed by atoms with van der Waals surface area (Å²) >= 11 is 0. The molecule has 0 saturated carbocycles. The molecule has 0 amide bonds. The van der Waals surface area contributed by atoms with E-state index in [1.54, 1.807) is 0 Å². The van der Waals surface area contributed by atoms with Crippen LogP contribution in [0.5, 0.6) is 5.95 Å². The molecule has 64 valence electrons. The topological polar surface area (TPSA) is 56.5 Å². The zero-order valence-electron chi connectivity index (χ0n) is 6.57. The number of carbonyl (C=O) groups excluding carboxylic acids is 2. The Morgan fingerprint density at radius 1 is 1.67 bits per heavy atom. The maximum Gasteiger partial charge on any atom is 0.285 e. The number of Topliss-reactive ketones (excluding diaryl/α,β-unsaturated/α-hetero) is 1. The van der Waals surface area contributed by atoms with Gasteiger partial charge in [-0.05, 0) is 13.0 Å². The lowest BCUT2D eigenvalue weighted by Gasteiger charge is -1.96. The summed E-state index contributed by atoms with van der Waals surface area (Å²) in [6.07, 6.45) is 0.570. The molecule has 12 heavy (non-hydrogen) atoms. The predicted octanol–water partition coefficient (Wildman–Crippen LogP) is 1.06. The Hall–Kier alpha value is -1.58. The minimum absolute atomic E-state index is 0.0359. The van der Waals surface area contributed by atoms with Crippen LogP contribution >= 0.6 is 0 Å². The first-order chi connectivity index (χ1) is 5.72. The lowest BCUT2D eigenvalue weighted by molar-refractivity contribution is -0.119. The molecule has 0 unspecified atom stereocenters. The highest BCUT2D eigenvalue weighted by atomic mass is 16.6. The second-order valence-electron chi connectivity index (χ2n) is 2.27. The van der Waals surface area contributed by atoms with E-state index in [9.17, 15) is 9.59 Å². The Morgan fingerprint density at radius 3 is 2.92 bits per heavy atom. The predicted molar refractivity (Wildman–Crippen MR) is 40.3 cm³/mol. The summed E-state index contributed by atoms with van der Waals surface area (Å²) in [4.78, 5) is 20.6. The fourth-order valence-electron chi connectivity index (χ4n) is 0.648. The molecule has 0 fully saturated rings. The van der Waals surface area contributed by atoms with E-state index in [-0.39, 0.29) is 24.1 Å². The Labute approximate surface area is 69.1 Å². The van der Waals surface area contributed by atoms with Gasteiger partial charge in [0.05, 0.1) is 0 Å². The van der Waals surface area contributed by atoms with Crippen LogP contribution < -0.4 is 4.74 Å². The second kappa shape index (κ2) is 3.71. The average Bonchev–Trinajstić information content (AvgIpc) is 2.48. The summed E-state index contributed by atoms with van der Waals surface area (Å²) in [5.41, 5.74) is 0. The lowest BCUT2D eigenvalue weighted by Crippen LogP contribution is -2.05. The lowest BCUT2D eigenvalue weighted by atomic mass is 10.5. The molecule has 0 aromatic carbocycles. The van der Waals surface area contributed by atoms with Gasteiger partial charge in [0.2, 0.25) is 0 Å². The van der Waals surface area contributed by atoms with Gasteiger partial charge in [0.1, 0.15) is 6.61 Å². The number of furan rings is 1. The van der Waals surface area contributed by atoms with E-state index in [0.717, 1.165) is 0 Å². The van der Waals surface area contributed by atoms with E-state index in [1.165, 1.54) is 19.1 Å². The van der Waals surface area contributed by atoms with Crippen LogP contribution in [-0.2, 0) is 4.79 Å². The number of rotatable bonds is 4. The van der Waals surface area contributed by atoms with Crippen molar-refractivity contribution in [2.75, 3.05) is 6.61 Å². The molecule has 0 spiro atoms. The van der Waals surface area contributed by atoms with Crippen LogP contribution in [-0.4, -0.2) is 18.7 Å². The Morgan fingerprint density at radius 2 is 2.42 bits per heavy atom. The summed E-state index contributed by atoms with van der Waals surface area (Å²) in [5, 5.41) is 0. The zero-order valence-corrected chi connectivity index (χ0v) is 6.57. The fraction of sp³-hybridized carbons (Fsp3) is 0.250. The second-order valence-corrected chi connectivity index (χ2v) is 2.27. The Kier molecular flexibility index (Phi) is 2.63. The highest BCUT2D eigenvalue weighted by Gasteiger charge is 2.02. The summed E-state index contributed by atoms with van der Waals surface area (Å²) in [6, 6.07) is 2.97. The highest BCUT2D eigenvalue weighted by molar-refractivity contribution is 5.77. The number of ketones is 1. The maximum absolute atomic E-state index is 10.5. The monoisotopic (exact) mass is 168 g/mol. The van der Waals surface area contributed by atoms with E-state index in [2.05, 4.69) is 0 Å². The minimum Gasteiger partial charge on any atom is -0.457 e. The molecule has 1 aromatic heterocycles. The summed E-state index contributed by atoms with van der Waals surface area (Å²) in [6.45, 7) is 1.37. The van der Waals surface area contributed by atoms with Gasteiger partial charge in [0, 0.05) is 6.07 Å². The van der Waals surface area contributed by atoms with E-state index in [4.69, 9.17) is 9.15 Å². The SMILES string of the molecule is CC(=O)COc1ccc(C=O)o1. The molecule has 0 N–H and O–H groups in total. The van der Waals surface area contributed by atoms with Crippen LogP contribution in [0.2, 0.25) is 0 Å². The first-order valence-electron chi connectivity index (χ1n) is 3.39. The van der Waals surface area contributed by atoms with Crippen molar-refractivity contribution in [3.05, 3.63) is 17.9 Å². The van der Waals surface area contributed by atoms with Gasteiger partial charge in [-0.15, -0.1) is 0 Å². The normalized spacial score (nSPS) is 9.42. The van der Waals surface area contributed by atoms with Crippen LogP contribution in [0.25, 0.3) is 0 Å². The van der Waals surface area contributed by atoms with Crippen molar-refractivity contribution in [1.82, 2.24) is 0 Å². The van der Waals surface area contributed by atoms with Crippen molar-refractivity contribution in [2.45, 2.75) is 6.92 Å². The zero-order chi connectivity index (χ0) is 8.97. The van der Waals surface area contributed by atoms with Crippen molar-refractivity contribution in [1.29, 1.82) is 0 Å². The van der Waals surface area contributed by atoms with Gasteiger partial charge in [-0.2, -0.15) is 0 Å². The van der Waals surface area contributed by atoms with E-state index < -0.39 is 0 Å². The van der Waals surface area contributed by atoms with Crippen molar-refractivity contribution >= 4 is 12.1 Å². The van der Waals surface area contributed by atoms with Crippen LogP contribution in [0.4, 0.5) is 0 Å². The first-order valence-corrected chi connectivity index (χ1v) is 3.39. The van der Waals surface area contributed by atoms with Gasteiger partial charge in [-0.3, -0.25) is 9.59 Å². The third kappa shape index (κ3) is 2.23. The van der Waals surface area contributed by atoms with Gasteiger partial charge in [-0.1, -0.05) is 0 Å². The average molecular weight is 168 g/mol. The van der Waals surface area contributed by atoms with Gasteiger partial charge in [0.25, 0.3) is 5.95 Å². The molecule has 0 aliphatic rings. The van der Waals surface area contributed by atoms with Crippen molar-refractivity contribution in [2.24, 2.45) is 0 Å². The quantitative estimate of drug-likeness (QED) is 0.631. The van der Waals surface area contributed by atoms with Gasteiger partial charge in [-0.25, -0.2) is 0 Å². The molecule has 0 saturated heterocycles. The molecule has 4 nitrogen and oxygen atoms in total. The third-order valence-electron chi connectivity index (χ3n) is 1.14. The molecule has 0 aliphatic heterocycles. The Bertz CT molecular complexity index is 287. The summed E-state index contributed by atoms with van der Waals surface area (Å²) in [7, 11) is 0. The number of ether oxygens (including phenoxy) is 1. The van der Waals surface area contributed by atoms with Crippen LogP contribution in [0.3, 0.4) is 0 Å². The van der Waals surface area contributed by atoms with E-state index in [1.807, 2.05) is 0 Å². The Balaban J connectivity index is 2.52. The van der Waals surface area contributed by atoms with E-state index in [0.29, 0.717) is 6.29 Å². The van der Waals surface area contributed by atoms with Gasteiger partial charge >= 0.3 is 0 Å². The molecule has 4 heteroatoms. The minimum atomic E-state index is -0.0981. The number of hydrogen-bond donors (Lipinski definition) is 0. The maximum atomic E-state index is 10.5. The molecule has 1 rings (SSSR count). The molecule has 1 heterocycles. The number of aldehydes is 1. The van der Waals surface area contributed by atoms with Gasteiger partial charge in [0.15, 0.2) is 17.8 Å². The molecule has 0 radical (unpaired) electrons. The molecule has 0 atom stereocenters. The van der Waals surface area contributed by atoms with Crippen molar-refractivity contribution in [3.8, 4) is 5.95 Å². The number of hydrogen-bond acceptors (Lipinski definition) is 4. The molecular weight excluding hydrogens is 160 g/mol. The molecule has 1 aromatic rings. The number of carbonyl (C=O) groups is 2. The van der Waals surface area contributed by atoms with Crippen LogP contribution in [0.1, 0.15) is 17.5 Å². The third-order valence-corrected chi connectivity index (χ3v) is 1.14. The smallest absolute Gasteiger partial charge is 0.285 e. The molecular formula is C8H8O4. The summed E-state index contributed by atoms with van der Waals surface area (Å²) < 4.78 is 9.72. The first kappa shape index (κ1) is 8.52. The van der Waals surface area contributed by atoms with E-state index >= 15 is 0 Å². The van der Waals surface area contributed by atoms with Crippen LogP contribution in [0, 0.1) is 0 Å². The highest BCUT2D eigenvalue weighted by Crippen LogP contribution is 2.13.